The highest BCUT2D eigenvalue weighted by molar-refractivity contribution is 7.89. The number of nitrogens with one attached hydrogen (secondary N) is 1. The van der Waals surface area contributed by atoms with E-state index in [2.05, 4.69) is 20.1 Å². The predicted molar refractivity (Wildman–Crippen MR) is 78.0 cm³/mol. The highest BCUT2D eigenvalue weighted by Gasteiger charge is 2.24. The van der Waals surface area contributed by atoms with Crippen LogP contribution in [-0.2, 0) is 16.6 Å². The smallest absolute Gasteiger partial charge is 0.246 e. The number of hydrogen-bond donors (Lipinski definition) is 1. The molecule has 1 N–H and O–H groups in total. The monoisotopic (exact) mass is 341 g/mol. The number of rotatable bonds is 4. The molecule has 0 aromatic carbocycles. The van der Waals surface area contributed by atoms with Crippen LogP contribution in [0.1, 0.15) is 17.3 Å². The van der Waals surface area contributed by atoms with Crippen LogP contribution in [0.15, 0.2) is 27.7 Å². The molecule has 0 aliphatic heterocycles. The van der Waals surface area contributed by atoms with Crippen LogP contribution in [0.3, 0.4) is 0 Å². The first kappa shape index (κ1) is 14.9. The summed E-state index contributed by atoms with van der Waals surface area (Å²) in [5.74, 6) is 0.659. The summed E-state index contributed by atoms with van der Waals surface area (Å²) in [5, 5.41) is 12.0. The highest BCUT2D eigenvalue weighted by atomic mass is 35.5. The van der Waals surface area contributed by atoms with E-state index in [1.165, 1.54) is 0 Å². The van der Waals surface area contributed by atoms with E-state index in [0.717, 1.165) is 0 Å². The van der Waals surface area contributed by atoms with Gasteiger partial charge in [-0.05, 0) is 26.0 Å². The van der Waals surface area contributed by atoms with Gasteiger partial charge in [-0.3, -0.25) is 4.40 Å². The fourth-order valence-electron chi connectivity index (χ4n) is 2.12. The van der Waals surface area contributed by atoms with Crippen LogP contribution in [0.2, 0.25) is 5.02 Å². The third kappa shape index (κ3) is 2.58. The van der Waals surface area contributed by atoms with Crippen molar-refractivity contribution in [3.8, 4) is 0 Å². The molecule has 0 aliphatic carbocycles. The molecule has 0 bridgehead atoms. The summed E-state index contributed by atoms with van der Waals surface area (Å²) >= 11 is 5.92. The van der Waals surface area contributed by atoms with Crippen molar-refractivity contribution in [2.45, 2.75) is 25.3 Å². The lowest BCUT2D eigenvalue weighted by Crippen LogP contribution is -2.25. The van der Waals surface area contributed by atoms with Crippen LogP contribution in [0, 0.1) is 13.8 Å². The SMILES string of the molecule is Cc1noc(C)c1S(=O)(=O)NCc1nnc2ccc(Cl)cn12. The van der Waals surface area contributed by atoms with Gasteiger partial charge in [-0.2, -0.15) is 0 Å². The van der Waals surface area contributed by atoms with Crippen LogP contribution in [-0.4, -0.2) is 28.2 Å². The maximum Gasteiger partial charge on any atom is 0.246 e. The highest BCUT2D eigenvalue weighted by Crippen LogP contribution is 2.19. The average molecular weight is 342 g/mol. The summed E-state index contributed by atoms with van der Waals surface area (Å²) in [5.41, 5.74) is 0.884. The molecule has 0 atom stereocenters. The Morgan fingerprint density at radius 3 is 2.77 bits per heavy atom. The van der Waals surface area contributed by atoms with Gasteiger partial charge in [-0.15, -0.1) is 10.2 Å². The molecule has 0 aliphatic rings. The van der Waals surface area contributed by atoms with Crippen molar-refractivity contribution < 1.29 is 12.9 Å². The number of halogens is 1. The van der Waals surface area contributed by atoms with Gasteiger partial charge < -0.3 is 4.52 Å². The van der Waals surface area contributed by atoms with Crippen molar-refractivity contribution in [2.24, 2.45) is 0 Å². The summed E-state index contributed by atoms with van der Waals surface area (Å²) in [6.07, 6.45) is 1.62. The Kier molecular flexibility index (Phi) is 3.63. The largest absolute Gasteiger partial charge is 0.360 e. The van der Waals surface area contributed by atoms with Gasteiger partial charge in [0.15, 0.2) is 17.2 Å². The Morgan fingerprint density at radius 2 is 2.09 bits per heavy atom. The number of aromatic nitrogens is 4. The van der Waals surface area contributed by atoms with E-state index in [9.17, 15) is 8.42 Å². The average Bonchev–Trinajstić information content (AvgIpc) is 3.00. The van der Waals surface area contributed by atoms with Gasteiger partial charge in [0.2, 0.25) is 10.0 Å². The van der Waals surface area contributed by atoms with E-state index in [-0.39, 0.29) is 17.2 Å². The summed E-state index contributed by atoms with van der Waals surface area (Å²) in [6.45, 7) is 3.08. The zero-order chi connectivity index (χ0) is 15.9. The lowest BCUT2D eigenvalue weighted by atomic mass is 10.4. The molecule has 0 saturated carbocycles. The Hall–Kier alpha value is -1.97. The lowest BCUT2D eigenvalue weighted by molar-refractivity contribution is 0.390. The second kappa shape index (κ2) is 5.34. The third-order valence-corrected chi connectivity index (χ3v) is 4.96. The zero-order valence-electron chi connectivity index (χ0n) is 11.7. The van der Waals surface area contributed by atoms with Crippen molar-refractivity contribution >= 4 is 27.3 Å². The van der Waals surface area contributed by atoms with E-state index in [1.54, 1.807) is 36.6 Å². The molecule has 22 heavy (non-hydrogen) atoms. The molecule has 0 saturated heterocycles. The van der Waals surface area contributed by atoms with E-state index in [0.29, 0.717) is 22.2 Å². The van der Waals surface area contributed by atoms with Crippen molar-refractivity contribution in [1.29, 1.82) is 0 Å². The topological polar surface area (TPSA) is 102 Å². The van der Waals surface area contributed by atoms with Gasteiger partial charge in [0.1, 0.15) is 10.6 Å². The Balaban J connectivity index is 1.89. The Labute approximate surface area is 131 Å². The van der Waals surface area contributed by atoms with Crippen LogP contribution < -0.4 is 4.72 Å². The number of fused-ring (bicyclic) bond motifs is 1. The zero-order valence-corrected chi connectivity index (χ0v) is 13.3. The minimum absolute atomic E-state index is 0.0338. The Morgan fingerprint density at radius 1 is 1.32 bits per heavy atom. The molecule has 3 aromatic heterocycles. The van der Waals surface area contributed by atoms with Crippen molar-refractivity contribution in [2.75, 3.05) is 0 Å². The number of pyridine rings is 1. The normalized spacial score (nSPS) is 12.1. The van der Waals surface area contributed by atoms with Crippen LogP contribution in [0.4, 0.5) is 0 Å². The summed E-state index contributed by atoms with van der Waals surface area (Å²) in [7, 11) is -3.75. The maximum atomic E-state index is 12.3. The van der Waals surface area contributed by atoms with Crippen molar-refractivity contribution in [3.63, 3.8) is 0 Å². The second-order valence-electron chi connectivity index (χ2n) is 4.67. The standard InChI is InChI=1S/C12H12ClN5O3S/c1-7-12(8(2)21-17-7)22(19,20)14-5-11-16-15-10-4-3-9(13)6-18(10)11/h3-4,6,14H,5H2,1-2H3. The molecule has 0 fully saturated rings. The number of sulfonamides is 1. The molecule has 0 radical (unpaired) electrons. The molecule has 10 heteroatoms. The quantitative estimate of drug-likeness (QED) is 0.770. The van der Waals surface area contributed by atoms with E-state index in [4.69, 9.17) is 16.1 Å². The maximum absolute atomic E-state index is 12.3. The number of nitrogens with zero attached hydrogens (tertiary/aromatic N) is 4. The third-order valence-electron chi connectivity index (χ3n) is 3.09. The molecule has 3 heterocycles. The summed E-state index contributed by atoms with van der Waals surface area (Å²) in [4.78, 5) is 0.0411. The number of aryl methyl sites for hydroxylation is 2. The first-order valence-corrected chi connectivity index (χ1v) is 8.16. The predicted octanol–water partition coefficient (Wildman–Crippen LogP) is 1.47. The minimum atomic E-state index is -3.75. The molecule has 0 amide bonds. The molecule has 3 aromatic rings. The van der Waals surface area contributed by atoms with Gasteiger partial charge >= 0.3 is 0 Å². The first-order valence-electron chi connectivity index (χ1n) is 6.30. The summed E-state index contributed by atoms with van der Waals surface area (Å²) < 4.78 is 33.6. The number of hydrogen-bond acceptors (Lipinski definition) is 6. The van der Waals surface area contributed by atoms with Crippen molar-refractivity contribution in [3.05, 3.63) is 40.6 Å². The molecule has 0 spiro atoms. The molecule has 116 valence electrons. The van der Waals surface area contributed by atoms with E-state index in [1.807, 2.05) is 0 Å². The van der Waals surface area contributed by atoms with E-state index >= 15 is 0 Å². The molecular formula is C12H12ClN5O3S. The van der Waals surface area contributed by atoms with Gasteiger partial charge in [0, 0.05) is 6.20 Å². The lowest BCUT2D eigenvalue weighted by Gasteiger charge is -2.05. The fourth-order valence-corrected chi connectivity index (χ4v) is 3.59. The second-order valence-corrected chi connectivity index (χ2v) is 6.81. The van der Waals surface area contributed by atoms with Crippen LogP contribution in [0.25, 0.3) is 5.65 Å². The van der Waals surface area contributed by atoms with Gasteiger partial charge in [0.05, 0.1) is 11.6 Å². The van der Waals surface area contributed by atoms with Gasteiger partial charge in [-0.25, -0.2) is 13.1 Å². The molecular weight excluding hydrogens is 330 g/mol. The Bertz CT molecular complexity index is 927. The van der Waals surface area contributed by atoms with Crippen LogP contribution >= 0.6 is 11.6 Å². The van der Waals surface area contributed by atoms with E-state index < -0.39 is 10.0 Å². The molecule has 0 unspecified atom stereocenters. The molecule has 3 rings (SSSR count). The minimum Gasteiger partial charge on any atom is -0.360 e. The molecule has 8 nitrogen and oxygen atoms in total. The van der Waals surface area contributed by atoms with Gasteiger partial charge in [0.25, 0.3) is 0 Å². The first-order chi connectivity index (χ1) is 10.4. The summed E-state index contributed by atoms with van der Waals surface area (Å²) in [6, 6.07) is 3.38. The van der Waals surface area contributed by atoms with Gasteiger partial charge in [-0.1, -0.05) is 16.8 Å². The fraction of sp³-hybridized carbons (Fsp3) is 0.250. The van der Waals surface area contributed by atoms with Crippen molar-refractivity contribution in [1.82, 2.24) is 24.5 Å². The van der Waals surface area contributed by atoms with Crippen LogP contribution in [0.5, 0.6) is 0 Å².